The SMILES string of the molecule is CCOc1ccc2nnc(CNC(=O)CCc3cccc(C)c3)n2n1. The molecule has 0 aliphatic carbocycles. The van der Waals surface area contributed by atoms with Crippen molar-refractivity contribution in [1.82, 2.24) is 25.1 Å². The van der Waals surface area contributed by atoms with Crippen molar-refractivity contribution in [3.8, 4) is 5.88 Å². The molecule has 0 radical (unpaired) electrons. The van der Waals surface area contributed by atoms with Gasteiger partial charge in [0.25, 0.3) is 0 Å². The topological polar surface area (TPSA) is 81.4 Å². The third-order valence-electron chi connectivity index (χ3n) is 3.76. The second-order valence-corrected chi connectivity index (χ2v) is 5.76. The Bertz CT molecular complexity index is 875. The van der Waals surface area contributed by atoms with Gasteiger partial charge in [-0.15, -0.1) is 15.3 Å². The lowest BCUT2D eigenvalue weighted by Gasteiger charge is -2.06. The van der Waals surface area contributed by atoms with E-state index in [1.54, 1.807) is 16.6 Å². The minimum atomic E-state index is -0.0285. The number of ether oxygens (including phenoxy) is 1. The lowest BCUT2D eigenvalue weighted by Crippen LogP contribution is -2.24. The predicted octanol–water partition coefficient (Wildman–Crippen LogP) is 2.08. The van der Waals surface area contributed by atoms with E-state index < -0.39 is 0 Å². The summed E-state index contributed by atoms with van der Waals surface area (Å²) >= 11 is 0. The Morgan fingerprint density at radius 3 is 2.92 bits per heavy atom. The van der Waals surface area contributed by atoms with E-state index in [1.807, 2.05) is 32.0 Å². The molecule has 1 aromatic carbocycles. The van der Waals surface area contributed by atoms with Crippen LogP contribution in [0.5, 0.6) is 5.88 Å². The van der Waals surface area contributed by atoms with Gasteiger partial charge in [0.15, 0.2) is 11.5 Å². The summed E-state index contributed by atoms with van der Waals surface area (Å²) in [5, 5.41) is 15.3. The first-order valence-corrected chi connectivity index (χ1v) is 8.32. The lowest BCUT2D eigenvalue weighted by atomic mass is 10.1. The standard InChI is InChI=1S/C18H21N5O2/c1-3-25-18-10-8-15-20-21-16(23(15)22-18)12-19-17(24)9-7-14-6-4-5-13(2)11-14/h4-6,8,10-11H,3,7,9,12H2,1-2H3,(H,19,24). The van der Waals surface area contributed by atoms with Gasteiger partial charge in [-0.3, -0.25) is 4.79 Å². The van der Waals surface area contributed by atoms with Crippen LogP contribution in [0.4, 0.5) is 0 Å². The third kappa shape index (κ3) is 4.32. The Balaban J connectivity index is 1.58. The Hall–Kier alpha value is -2.96. The number of fused-ring (bicyclic) bond motifs is 1. The predicted molar refractivity (Wildman–Crippen MR) is 93.3 cm³/mol. The minimum absolute atomic E-state index is 0.0285. The summed E-state index contributed by atoms with van der Waals surface area (Å²) in [5.74, 6) is 1.04. The third-order valence-corrected chi connectivity index (χ3v) is 3.76. The summed E-state index contributed by atoms with van der Waals surface area (Å²) in [5.41, 5.74) is 2.97. The molecule has 0 bridgehead atoms. The Kier molecular flexibility index (Phi) is 5.23. The van der Waals surface area contributed by atoms with E-state index in [2.05, 4.69) is 26.7 Å². The van der Waals surface area contributed by atoms with Gasteiger partial charge >= 0.3 is 0 Å². The highest BCUT2D eigenvalue weighted by Crippen LogP contribution is 2.10. The summed E-state index contributed by atoms with van der Waals surface area (Å²) in [6.07, 6.45) is 1.14. The molecule has 0 aliphatic rings. The van der Waals surface area contributed by atoms with Crippen LogP contribution < -0.4 is 10.1 Å². The highest BCUT2D eigenvalue weighted by molar-refractivity contribution is 5.76. The van der Waals surface area contributed by atoms with Gasteiger partial charge in [0.2, 0.25) is 11.8 Å². The molecule has 1 N–H and O–H groups in total. The maximum absolute atomic E-state index is 12.1. The summed E-state index contributed by atoms with van der Waals surface area (Å²) in [4.78, 5) is 12.1. The summed E-state index contributed by atoms with van der Waals surface area (Å²) < 4.78 is 6.98. The van der Waals surface area contributed by atoms with E-state index in [4.69, 9.17) is 4.74 Å². The first kappa shape index (κ1) is 16.9. The second-order valence-electron chi connectivity index (χ2n) is 5.76. The lowest BCUT2D eigenvalue weighted by molar-refractivity contribution is -0.121. The van der Waals surface area contributed by atoms with E-state index in [0.717, 1.165) is 5.56 Å². The van der Waals surface area contributed by atoms with E-state index in [0.29, 0.717) is 36.8 Å². The van der Waals surface area contributed by atoms with Crippen LogP contribution in [0.2, 0.25) is 0 Å². The van der Waals surface area contributed by atoms with Gasteiger partial charge in [0.05, 0.1) is 13.2 Å². The normalized spacial score (nSPS) is 10.8. The van der Waals surface area contributed by atoms with Crippen molar-refractivity contribution in [3.63, 3.8) is 0 Å². The van der Waals surface area contributed by atoms with Gasteiger partial charge in [0, 0.05) is 12.5 Å². The average molecular weight is 339 g/mol. The number of carbonyl (C=O) groups is 1. The van der Waals surface area contributed by atoms with E-state index in [-0.39, 0.29) is 12.5 Å². The summed E-state index contributed by atoms with van der Waals surface area (Å²) in [6, 6.07) is 11.7. The molecule has 0 aliphatic heterocycles. The van der Waals surface area contributed by atoms with Gasteiger partial charge in [0.1, 0.15) is 0 Å². The zero-order valence-electron chi connectivity index (χ0n) is 14.4. The van der Waals surface area contributed by atoms with Crippen LogP contribution in [0.1, 0.15) is 30.3 Å². The van der Waals surface area contributed by atoms with Gasteiger partial charge in [-0.05, 0) is 31.9 Å². The fraction of sp³-hybridized carbons (Fsp3) is 0.333. The minimum Gasteiger partial charge on any atom is -0.477 e. The maximum atomic E-state index is 12.1. The molecule has 0 saturated heterocycles. The van der Waals surface area contributed by atoms with Crippen LogP contribution >= 0.6 is 0 Å². The Morgan fingerprint density at radius 1 is 1.24 bits per heavy atom. The Labute approximate surface area is 146 Å². The van der Waals surface area contributed by atoms with Crippen molar-refractivity contribution in [1.29, 1.82) is 0 Å². The van der Waals surface area contributed by atoms with Crippen molar-refractivity contribution in [2.24, 2.45) is 0 Å². The molecule has 2 aromatic heterocycles. The number of amides is 1. The van der Waals surface area contributed by atoms with Crippen LogP contribution in [0.3, 0.4) is 0 Å². The number of aromatic nitrogens is 4. The van der Waals surface area contributed by atoms with Crippen LogP contribution in [0.15, 0.2) is 36.4 Å². The molecule has 3 aromatic rings. The van der Waals surface area contributed by atoms with Crippen LogP contribution in [0.25, 0.3) is 5.65 Å². The van der Waals surface area contributed by atoms with E-state index >= 15 is 0 Å². The molecule has 0 atom stereocenters. The van der Waals surface area contributed by atoms with Gasteiger partial charge in [-0.1, -0.05) is 29.8 Å². The van der Waals surface area contributed by atoms with Crippen molar-refractivity contribution >= 4 is 11.6 Å². The first-order valence-electron chi connectivity index (χ1n) is 8.32. The van der Waals surface area contributed by atoms with E-state index in [9.17, 15) is 4.79 Å². The molecule has 130 valence electrons. The second kappa shape index (κ2) is 7.74. The number of nitrogens with one attached hydrogen (secondary N) is 1. The highest BCUT2D eigenvalue weighted by Gasteiger charge is 2.10. The number of benzene rings is 1. The molecule has 2 heterocycles. The summed E-state index contributed by atoms with van der Waals surface area (Å²) in [7, 11) is 0. The molecule has 7 heteroatoms. The van der Waals surface area contributed by atoms with Crippen molar-refractivity contribution in [2.45, 2.75) is 33.2 Å². The number of hydrogen-bond acceptors (Lipinski definition) is 5. The quantitative estimate of drug-likeness (QED) is 0.713. The molecule has 0 spiro atoms. The maximum Gasteiger partial charge on any atom is 0.231 e. The molecule has 0 unspecified atom stereocenters. The number of rotatable bonds is 7. The monoisotopic (exact) mass is 339 g/mol. The fourth-order valence-corrected chi connectivity index (χ4v) is 2.54. The first-order chi connectivity index (χ1) is 12.2. The van der Waals surface area contributed by atoms with Crippen molar-refractivity contribution in [2.75, 3.05) is 6.61 Å². The largest absolute Gasteiger partial charge is 0.477 e. The molecule has 1 amide bonds. The molecule has 0 fully saturated rings. The molecule has 0 saturated carbocycles. The van der Waals surface area contributed by atoms with Crippen LogP contribution in [0, 0.1) is 6.92 Å². The molecule has 3 rings (SSSR count). The fourth-order valence-electron chi connectivity index (χ4n) is 2.54. The number of hydrogen-bond donors (Lipinski definition) is 1. The van der Waals surface area contributed by atoms with Gasteiger partial charge in [-0.2, -0.15) is 4.52 Å². The Morgan fingerprint density at radius 2 is 2.12 bits per heavy atom. The van der Waals surface area contributed by atoms with Crippen molar-refractivity contribution < 1.29 is 9.53 Å². The van der Waals surface area contributed by atoms with Crippen LogP contribution in [-0.2, 0) is 17.8 Å². The average Bonchev–Trinajstić information content (AvgIpc) is 3.01. The van der Waals surface area contributed by atoms with Gasteiger partial charge in [-0.25, -0.2) is 0 Å². The number of carbonyl (C=O) groups excluding carboxylic acids is 1. The molecule has 7 nitrogen and oxygen atoms in total. The number of nitrogens with zero attached hydrogens (tertiary/aromatic N) is 4. The van der Waals surface area contributed by atoms with E-state index in [1.165, 1.54) is 5.56 Å². The zero-order valence-corrected chi connectivity index (χ0v) is 14.4. The highest BCUT2D eigenvalue weighted by atomic mass is 16.5. The van der Waals surface area contributed by atoms with Crippen molar-refractivity contribution in [3.05, 3.63) is 53.3 Å². The molecular formula is C18H21N5O2. The number of aryl methyl sites for hydroxylation is 2. The molecule has 25 heavy (non-hydrogen) atoms. The van der Waals surface area contributed by atoms with Gasteiger partial charge < -0.3 is 10.1 Å². The summed E-state index contributed by atoms with van der Waals surface area (Å²) in [6.45, 7) is 4.75. The smallest absolute Gasteiger partial charge is 0.231 e. The molecular weight excluding hydrogens is 318 g/mol. The van der Waals surface area contributed by atoms with Crippen LogP contribution in [-0.4, -0.2) is 32.3 Å². The zero-order chi connectivity index (χ0) is 17.6.